The molecule has 0 atom stereocenters. The van der Waals surface area contributed by atoms with Crippen molar-refractivity contribution in [3.05, 3.63) is 64.4 Å². The quantitative estimate of drug-likeness (QED) is 0.493. The summed E-state index contributed by atoms with van der Waals surface area (Å²) in [6, 6.07) is 11.2. The molecule has 0 bridgehead atoms. The van der Waals surface area contributed by atoms with Crippen molar-refractivity contribution in [1.29, 1.82) is 10.8 Å². The largest absolute Gasteiger partial charge is 0.379 e. The van der Waals surface area contributed by atoms with Gasteiger partial charge in [-0.2, -0.15) is 5.10 Å². The summed E-state index contributed by atoms with van der Waals surface area (Å²) < 4.78 is 6.66. The van der Waals surface area contributed by atoms with Crippen LogP contribution in [0.15, 0.2) is 42.6 Å². The molecule has 3 aromatic rings. The number of pyridine rings is 1. The zero-order chi connectivity index (χ0) is 21.5. The van der Waals surface area contributed by atoms with Crippen LogP contribution >= 0.6 is 11.6 Å². The van der Waals surface area contributed by atoms with Gasteiger partial charge in [-0.05, 0) is 41.5 Å². The molecule has 0 spiro atoms. The van der Waals surface area contributed by atoms with Crippen LogP contribution < -0.4 is 5.49 Å². The van der Waals surface area contributed by atoms with Crippen molar-refractivity contribution < 1.29 is 4.74 Å². The van der Waals surface area contributed by atoms with Crippen molar-refractivity contribution in [3.8, 4) is 0 Å². The van der Waals surface area contributed by atoms with Crippen LogP contribution in [0.2, 0.25) is 5.15 Å². The molecule has 3 heterocycles. The molecule has 7 nitrogen and oxygen atoms in total. The summed E-state index contributed by atoms with van der Waals surface area (Å²) in [5.74, 6) is 0.198. The van der Waals surface area contributed by atoms with Gasteiger partial charge in [0.05, 0.1) is 18.7 Å². The van der Waals surface area contributed by atoms with Crippen LogP contribution in [0.5, 0.6) is 0 Å². The van der Waals surface area contributed by atoms with Gasteiger partial charge in [-0.25, -0.2) is 4.68 Å². The Labute approximate surface area is 181 Å². The molecule has 2 N–H and O–H groups in total. The second-order valence-corrected chi connectivity index (χ2v) is 7.22. The lowest BCUT2D eigenvalue weighted by molar-refractivity contribution is 0.0341. The minimum absolute atomic E-state index is 0.129. The summed E-state index contributed by atoms with van der Waals surface area (Å²) in [6.45, 7) is 8.29. The Morgan fingerprint density at radius 2 is 1.83 bits per heavy atom. The molecule has 1 saturated heterocycles. The van der Waals surface area contributed by atoms with Crippen molar-refractivity contribution in [2.75, 3.05) is 26.3 Å². The summed E-state index contributed by atoms with van der Waals surface area (Å²) in [6.07, 6.45) is 2.28. The number of ether oxygens (including phenoxy) is 1. The second kappa shape index (κ2) is 10.4. The molecule has 0 saturated carbocycles. The van der Waals surface area contributed by atoms with Crippen LogP contribution in [0.4, 0.5) is 0 Å². The summed E-state index contributed by atoms with van der Waals surface area (Å²) in [4.78, 5) is 6.94. The maximum Gasteiger partial charge on any atom is 0.150 e. The fraction of sp³-hybridized carbons (Fsp3) is 0.364. The van der Waals surface area contributed by atoms with Gasteiger partial charge in [0.1, 0.15) is 16.5 Å². The first-order valence-corrected chi connectivity index (χ1v) is 10.5. The van der Waals surface area contributed by atoms with Crippen molar-refractivity contribution in [2.45, 2.75) is 26.8 Å². The first-order valence-electron chi connectivity index (χ1n) is 10.1. The van der Waals surface area contributed by atoms with Crippen molar-refractivity contribution in [2.24, 2.45) is 0 Å². The third kappa shape index (κ3) is 5.50. The van der Waals surface area contributed by atoms with E-state index in [1.54, 1.807) is 6.07 Å². The van der Waals surface area contributed by atoms with Crippen LogP contribution in [0.25, 0.3) is 10.9 Å². The number of fused-ring (bicyclic) bond motifs is 1. The van der Waals surface area contributed by atoms with Gasteiger partial charge in [0.15, 0.2) is 0 Å². The highest BCUT2D eigenvalue weighted by atomic mass is 35.5. The molecule has 0 aliphatic carbocycles. The van der Waals surface area contributed by atoms with Gasteiger partial charge in [-0.15, -0.1) is 0 Å². The Morgan fingerprint density at radius 1 is 1.10 bits per heavy atom. The van der Waals surface area contributed by atoms with Gasteiger partial charge in [-0.1, -0.05) is 31.5 Å². The van der Waals surface area contributed by atoms with Gasteiger partial charge >= 0.3 is 0 Å². The molecule has 2 aromatic heterocycles. The third-order valence-corrected chi connectivity index (χ3v) is 4.94. The third-order valence-electron chi connectivity index (χ3n) is 4.74. The SMILES string of the molecule is CC.N=C(Cc1ccc2ncc(CN3CCOCC3)cc2c1)n1nc(Cl)ccc1=N. The molecule has 1 fully saturated rings. The molecule has 30 heavy (non-hydrogen) atoms. The fourth-order valence-electron chi connectivity index (χ4n) is 3.32. The lowest BCUT2D eigenvalue weighted by Crippen LogP contribution is -2.35. The lowest BCUT2D eigenvalue weighted by atomic mass is 10.1. The average Bonchev–Trinajstić information content (AvgIpc) is 2.77. The lowest BCUT2D eigenvalue weighted by Gasteiger charge is -2.26. The Balaban J connectivity index is 0.00000124. The number of benzene rings is 1. The Morgan fingerprint density at radius 3 is 2.60 bits per heavy atom. The number of hydrogen-bond donors (Lipinski definition) is 2. The number of rotatable bonds is 4. The Kier molecular flexibility index (Phi) is 7.68. The molecule has 0 radical (unpaired) electrons. The minimum atomic E-state index is 0.129. The van der Waals surface area contributed by atoms with Gasteiger partial charge in [0, 0.05) is 37.6 Å². The highest BCUT2D eigenvalue weighted by Gasteiger charge is 2.12. The summed E-state index contributed by atoms with van der Waals surface area (Å²) >= 11 is 5.91. The molecular weight excluding hydrogens is 400 g/mol. The standard InChI is InChI=1S/C20H21ClN6O.C2H6/c21-18-3-4-19(22)27(25-18)20(23)11-14-1-2-17-16(9-14)10-15(12-24-17)13-26-5-7-28-8-6-26;1-2/h1-4,9-10,12,22-23H,5-8,11,13H2;1-2H3. The van der Waals surface area contributed by atoms with Crippen molar-refractivity contribution in [3.63, 3.8) is 0 Å². The van der Waals surface area contributed by atoms with E-state index in [1.165, 1.54) is 16.3 Å². The molecule has 0 unspecified atom stereocenters. The first kappa shape index (κ1) is 22.1. The van der Waals surface area contributed by atoms with Crippen LogP contribution in [-0.4, -0.2) is 51.8 Å². The molecule has 1 aliphatic rings. The van der Waals surface area contributed by atoms with Crippen LogP contribution in [0, 0.1) is 10.8 Å². The van der Waals surface area contributed by atoms with Crippen LogP contribution in [0.3, 0.4) is 0 Å². The normalized spacial score (nSPS) is 14.2. The molecule has 0 amide bonds. The fourth-order valence-corrected chi connectivity index (χ4v) is 3.45. The predicted octanol–water partition coefficient (Wildman–Crippen LogP) is 3.49. The van der Waals surface area contributed by atoms with E-state index in [1.807, 2.05) is 32.2 Å². The number of halogens is 1. The molecule has 8 heteroatoms. The molecular formula is C22H27ClN6O. The van der Waals surface area contributed by atoms with Crippen molar-refractivity contribution in [1.82, 2.24) is 19.7 Å². The summed E-state index contributed by atoms with van der Waals surface area (Å²) in [5, 5.41) is 21.6. The number of nitrogens with one attached hydrogen (secondary N) is 2. The zero-order valence-electron chi connectivity index (χ0n) is 17.4. The Hall–Kier alpha value is -2.61. The minimum Gasteiger partial charge on any atom is -0.379 e. The molecule has 1 aromatic carbocycles. The van der Waals surface area contributed by atoms with Crippen LogP contribution in [0.1, 0.15) is 25.0 Å². The topological polar surface area (TPSA) is 90.9 Å². The van der Waals surface area contributed by atoms with Gasteiger partial charge in [0.2, 0.25) is 0 Å². The molecule has 4 rings (SSSR count). The van der Waals surface area contributed by atoms with Crippen molar-refractivity contribution >= 4 is 28.3 Å². The Bertz CT molecular complexity index is 1070. The monoisotopic (exact) mass is 426 g/mol. The van der Waals surface area contributed by atoms with Gasteiger partial charge < -0.3 is 4.74 Å². The first-order chi connectivity index (χ1) is 14.6. The maximum atomic E-state index is 8.31. The van der Waals surface area contributed by atoms with Gasteiger partial charge in [-0.3, -0.25) is 20.7 Å². The van der Waals surface area contributed by atoms with Gasteiger partial charge in [0.25, 0.3) is 0 Å². The van der Waals surface area contributed by atoms with E-state index in [0.717, 1.165) is 49.3 Å². The smallest absolute Gasteiger partial charge is 0.150 e. The average molecular weight is 427 g/mol. The molecule has 158 valence electrons. The second-order valence-electron chi connectivity index (χ2n) is 6.84. The summed E-state index contributed by atoms with van der Waals surface area (Å²) in [7, 11) is 0. The number of morpholine rings is 1. The number of aromatic nitrogens is 3. The van der Waals surface area contributed by atoms with E-state index >= 15 is 0 Å². The van der Waals surface area contributed by atoms with E-state index in [0.29, 0.717) is 6.42 Å². The maximum absolute atomic E-state index is 8.31. The van der Waals surface area contributed by atoms with Crippen LogP contribution in [-0.2, 0) is 17.7 Å². The number of nitrogens with zero attached hydrogens (tertiary/aromatic N) is 4. The highest BCUT2D eigenvalue weighted by Crippen LogP contribution is 2.18. The van der Waals surface area contributed by atoms with E-state index in [-0.39, 0.29) is 16.5 Å². The summed E-state index contributed by atoms with van der Waals surface area (Å²) in [5.41, 5.74) is 3.19. The number of hydrogen-bond acceptors (Lipinski definition) is 6. The van der Waals surface area contributed by atoms with E-state index in [9.17, 15) is 0 Å². The van der Waals surface area contributed by atoms with E-state index in [2.05, 4.69) is 27.1 Å². The predicted molar refractivity (Wildman–Crippen MR) is 119 cm³/mol. The van der Waals surface area contributed by atoms with E-state index < -0.39 is 0 Å². The molecule has 1 aliphatic heterocycles. The zero-order valence-corrected chi connectivity index (χ0v) is 18.1. The van der Waals surface area contributed by atoms with E-state index in [4.69, 9.17) is 27.2 Å². The highest BCUT2D eigenvalue weighted by molar-refractivity contribution is 6.29.